The number of aromatic nitrogens is 1. The summed E-state index contributed by atoms with van der Waals surface area (Å²) in [7, 11) is 0. The molecule has 0 radical (unpaired) electrons. The molecule has 22 heavy (non-hydrogen) atoms. The van der Waals surface area contributed by atoms with Crippen molar-refractivity contribution in [3.8, 4) is 0 Å². The minimum atomic E-state index is -0.156. The number of nitrogens with one attached hydrogen (secondary N) is 2. The van der Waals surface area contributed by atoms with Crippen molar-refractivity contribution in [3.05, 3.63) is 29.6 Å². The van der Waals surface area contributed by atoms with Crippen LogP contribution in [0.15, 0.2) is 18.3 Å². The Bertz CT molecular complexity index is 495. The Labute approximate surface area is 144 Å². The summed E-state index contributed by atoms with van der Waals surface area (Å²) in [6.07, 6.45) is 6.51. The molecule has 2 atom stereocenters. The van der Waals surface area contributed by atoms with Crippen molar-refractivity contribution < 1.29 is 4.79 Å². The third kappa shape index (κ3) is 3.73. The number of fused-ring (bicyclic) bond motifs is 1. The van der Waals surface area contributed by atoms with Crippen molar-refractivity contribution in [1.29, 1.82) is 0 Å². The smallest absolute Gasteiger partial charge is 0.228 e. The average Bonchev–Trinajstić information content (AvgIpc) is 2.91. The van der Waals surface area contributed by atoms with E-state index in [0.29, 0.717) is 12.5 Å². The SMILES string of the molecule is Cc1ccc(CNC(=O)[C@@]23CCCC[C@H]2CNC3)cn1.Cl.Cl. The Morgan fingerprint density at radius 2 is 2.23 bits per heavy atom. The maximum Gasteiger partial charge on any atom is 0.228 e. The first-order chi connectivity index (χ1) is 9.71. The summed E-state index contributed by atoms with van der Waals surface area (Å²) < 4.78 is 0. The van der Waals surface area contributed by atoms with Crippen LogP contribution in [0.4, 0.5) is 0 Å². The molecular weight excluding hydrogens is 321 g/mol. The van der Waals surface area contributed by atoms with E-state index >= 15 is 0 Å². The predicted octanol–water partition coefficient (Wildman–Crippen LogP) is 2.63. The number of hydrogen-bond acceptors (Lipinski definition) is 3. The van der Waals surface area contributed by atoms with E-state index < -0.39 is 0 Å². The van der Waals surface area contributed by atoms with Crippen molar-refractivity contribution in [1.82, 2.24) is 15.6 Å². The highest BCUT2D eigenvalue weighted by Gasteiger charge is 2.49. The van der Waals surface area contributed by atoms with Crippen molar-refractivity contribution in [3.63, 3.8) is 0 Å². The topological polar surface area (TPSA) is 54.0 Å². The van der Waals surface area contributed by atoms with Gasteiger partial charge in [0.1, 0.15) is 0 Å². The summed E-state index contributed by atoms with van der Waals surface area (Å²) in [5.74, 6) is 0.750. The van der Waals surface area contributed by atoms with Gasteiger partial charge in [0.25, 0.3) is 0 Å². The number of carbonyl (C=O) groups is 1. The third-order valence-corrected chi connectivity index (χ3v) is 4.92. The number of hydrogen-bond donors (Lipinski definition) is 2. The molecule has 1 aromatic rings. The van der Waals surface area contributed by atoms with Gasteiger partial charge in [0.15, 0.2) is 0 Å². The van der Waals surface area contributed by atoms with Crippen LogP contribution in [-0.2, 0) is 11.3 Å². The molecule has 0 aromatic carbocycles. The van der Waals surface area contributed by atoms with E-state index in [9.17, 15) is 4.79 Å². The molecule has 2 heterocycles. The van der Waals surface area contributed by atoms with E-state index in [-0.39, 0.29) is 36.1 Å². The second-order valence-electron chi connectivity index (χ2n) is 6.22. The van der Waals surface area contributed by atoms with Crippen molar-refractivity contribution in [2.24, 2.45) is 11.3 Å². The molecule has 4 nitrogen and oxygen atoms in total. The zero-order valence-corrected chi connectivity index (χ0v) is 14.6. The van der Waals surface area contributed by atoms with Gasteiger partial charge in [-0.3, -0.25) is 9.78 Å². The van der Waals surface area contributed by atoms with E-state index in [1.807, 2.05) is 25.3 Å². The number of carbonyl (C=O) groups excluding carboxylic acids is 1. The van der Waals surface area contributed by atoms with Crippen LogP contribution in [0.2, 0.25) is 0 Å². The number of pyridine rings is 1. The molecule has 124 valence electrons. The fourth-order valence-corrected chi connectivity index (χ4v) is 3.65. The molecule has 1 aliphatic carbocycles. The van der Waals surface area contributed by atoms with E-state index in [1.54, 1.807) is 0 Å². The van der Waals surface area contributed by atoms with Crippen LogP contribution in [0.25, 0.3) is 0 Å². The lowest BCUT2D eigenvalue weighted by molar-refractivity contribution is -0.134. The number of amides is 1. The summed E-state index contributed by atoms with van der Waals surface area (Å²) in [6, 6.07) is 4.02. The Morgan fingerprint density at radius 1 is 1.41 bits per heavy atom. The fourth-order valence-electron chi connectivity index (χ4n) is 3.65. The summed E-state index contributed by atoms with van der Waals surface area (Å²) in [5, 5.41) is 6.55. The van der Waals surface area contributed by atoms with Crippen LogP contribution >= 0.6 is 24.8 Å². The van der Waals surface area contributed by atoms with Gasteiger partial charge in [0.05, 0.1) is 5.41 Å². The van der Waals surface area contributed by atoms with Crippen LogP contribution < -0.4 is 10.6 Å². The van der Waals surface area contributed by atoms with E-state index in [1.165, 1.54) is 19.3 Å². The van der Waals surface area contributed by atoms with Crippen LogP contribution in [0.3, 0.4) is 0 Å². The minimum Gasteiger partial charge on any atom is -0.351 e. The molecule has 1 aliphatic heterocycles. The van der Waals surface area contributed by atoms with Gasteiger partial charge < -0.3 is 10.6 Å². The highest BCUT2D eigenvalue weighted by molar-refractivity contribution is 5.85. The Kier molecular flexibility index (Phi) is 7.10. The summed E-state index contributed by atoms with van der Waals surface area (Å²) in [4.78, 5) is 16.9. The van der Waals surface area contributed by atoms with Crippen LogP contribution in [-0.4, -0.2) is 24.0 Å². The van der Waals surface area contributed by atoms with Crippen molar-refractivity contribution >= 4 is 30.7 Å². The maximum atomic E-state index is 12.7. The summed E-state index contributed by atoms with van der Waals surface area (Å²) in [5.41, 5.74) is 1.92. The second-order valence-corrected chi connectivity index (χ2v) is 6.22. The Morgan fingerprint density at radius 3 is 2.95 bits per heavy atom. The number of aryl methyl sites for hydroxylation is 1. The lowest BCUT2D eigenvalue weighted by atomic mass is 9.67. The lowest BCUT2D eigenvalue weighted by Gasteiger charge is -2.37. The van der Waals surface area contributed by atoms with Gasteiger partial charge in [-0.15, -0.1) is 24.8 Å². The van der Waals surface area contributed by atoms with Crippen molar-refractivity contribution in [2.75, 3.05) is 13.1 Å². The standard InChI is InChI=1S/C16H23N3O.2ClH/c1-12-5-6-13(8-18-12)9-19-15(20)16-7-3-2-4-14(16)10-17-11-16;;/h5-6,8,14,17H,2-4,7,9-11H2,1H3,(H,19,20);2*1H/t14-,16+;;/m0../s1. The maximum absolute atomic E-state index is 12.7. The molecule has 1 saturated carbocycles. The third-order valence-electron chi connectivity index (χ3n) is 4.92. The highest BCUT2D eigenvalue weighted by atomic mass is 35.5. The number of nitrogens with zero attached hydrogens (tertiary/aromatic N) is 1. The Hall–Kier alpha value is -0.840. The van der Waals surface area contributed by atoms with Crippen molar-refractivity contribution in [2.45, 2.75) is 39.2 Å². The molecule has 1 aromatic heterocycles. The molecule has 1 saturated heterocycles. The second kappa shape index (κ2) is 8.14. The molecule has 2 aliphatic rings. The molecule has 2 fully saturated rings. The van der Waals surface area contributed by atoms with Crippen LogP contribution in [0.5, 0.6) is 0 Å². The zero-order chi connectivity index (χ0) is 14.0. The van der Waals surface area contributed by atoms with Gasteiger partial charge in [0, 0.05) is 25.0 Å². The molecule has 0 unspecified atom stereocenters. The lowest BCUT2D eigenvalue weighted by Crippen LogP contribution is -2.47. The van der Waals surface area contributed by atoms with Gasteiger partial charge in [0.2, 0.25) is 5.91 Å². The van der Waals surface area contributed by atoms with Crippen LogP contribution in [0, 0.1) is 18.3 Å². The first kappa shape index (κ1) is 19.2. The molecule has 3 rings (SSSR count). The summed E-state index contributed by atoms with van der Waals surface area (Å²) >= 11 is 0. The molecule has 2 N–H and O–H groups in total. The molecular formula is C16H25Cl2N3O. The van der Waals surface area contributed by atoms with Gasteiger partial charge in [-0.1, -0.05) is 18.9 Å². The molecule has 1 amide bonds. The average molecular weight is 346 g/mol. The zero-order valence-electron chi connectivity index (χ0n) is 12.9. The monoisotopic (exact) mass is 345 g/mol. The van der Waals surface area contributed by atoms with E-state index in [0.717, 1.165) is 30.8 Å². The van der Waals surface area contributed by atoms with Gasteiger partial charge >= 0.3 is 0 Å². The minimum absolute atomic E-state index is 0. The Balaban J connectivity index is 0.00000121. The van der Waals surface area contributed by atoms with E-state index in [2.05, 4.69) is 15.6 Å². The largest absolute Gasteiger partial charge is 0.351 e. The fraction of sp³-hybridized carbons (Fsp3) is 0.625. The normalized spacial score (nSPS) is 26.3. The molecule has 0 bridgehead atoms. The number of halogens is 2. The van der Waals surface area contributed by atoms with Gasteiger partial charge in [-0.2, -0.15) is 0 Å². The molecule has 0 spiro atoms. The van der Waals surface area contributed by atoms with Gasteiger partial charge in [-0.25, -0.2) is 0 Å². The predicted molar refractivity (Wildman–Crippen MR) is 92.6 cm³/mol. The first-order valence-electron chi connectivity index (χ1n) is 7.61. The first-order valence-corrected chi connectivity index (χ1v) is 7.61. The van der Waals surface area contributed by atoms with Crippen LogP contribution in [0.1, 0.15) is 36.9 Å². The number of rotatable bonds is 3. The quantitative estimate of drug-likeness (QED) is 0.885. The van der Waals surface area contributed by atoms with E-state index in [4.69, 9.17) is 0 Å². The highest BCUT2D eigenvalue weighted by Crippen LogP contribution is 2.43. The summed E-state index contributed by atoms with van der Waals surface area (Å²) in [6.45, 7) is 4.40. The molecule has 6 heteroatoms. The van der Waals surface area contributed by atoms with Gasteiger partial charge in [-0.05, 0) is 43.9 Å².